The molecule has 0 aromatic heterocycles. The van der Waals surface area contributed by atoms with Crippen molar-refractivity contribution in [1.82, 2.24) is 0 Å². The zero-order valence-electron chi connectivity index (χ0n) is 60.1. The largest absolute Gasteiger partial charge is 0.726 e. The van der Waals surface area contributed by atoms with Gasteiger partial charge in [0.25, 0.3) is 0 Å². The van der Waals surface area contributed by atoms with Crippen molar-refractivity contribution in [1.29, 1.82) is 0 Å². The second-order valence-corrected chi connectivity index (χ2v) is 27.7. The Balaban J connectivity index is -0.000000146. The summed E-state index contributed by atoms with van der Waals surface area (Å²) in [7, 11) is -19.7. The molecule has 544 valence electrons. The van der Waals surface area contributed by atoms with E-state index < -0.39 is 41.6 Å². The van der Waals surface area contributed by atoms with Crippen molar-refractivity contribution in [3.05, 3.63) is 0 Å². The average Bonchev–Trinajstić information content (AvgIpc) is 3.44. The van der Waals surface area contributed by atoms with Crippen molar-refractivity contribution in [3.63, 3.8) is 0 Å². The highest BCUT2D eigenvalue weighted by Gasteiger charge is 2.28. The summed E-state index contributed by atoms with van der Waals surface area (Å²) in [4.78, 5) is 0. The highest BCUT2D eigenvalue weighted by atomic mass is 32.3. The summed E-state index contributed by atoms with van der Waals surface area (Å²) >= 11 is 0. The highest BCUT2D eigenvalue weighted by Crippen LogP contribution is 2.20. The predicted molar refractivity (Wildman–Crippen MR) is 367 cm³/mol. The summed E-state index contributed by atoms with van der Waals surface area (Å²) in [6.07, 6.45) is 44.2. The van der Waals surface area contributed by atoms with Crippen LogP contribution in [0.2, 0.25) is 0 Å². The Labute approximate surface area is 547 Å². The van der Waals surface area contributed by atoms with Gasteiger partial charge < -0.3 is 36.1 Å². The molecule has 88 heavy (non-hydrogen) atoms. The average molecular weight is 1360 g/mol. The minimum atomic E-state index is -4.92. The molecular weight excluding hydrogens is 1210 g/mol. The maximum atomic E-state index is 8.63. The lowest BCUT2D eigenvalue weighted by Gasteiger charge is -2.39. The van der Waals surface area contributed by atoms with Crippen LogP contribution in [0.3, 0.4) is 0 Å². The first-order chi connectivity index (χ1) is 41.0. The summed E-state index contributed by atoms with van der Waals surface area (Å²) in [5, 5.41) is 0. The lowest BCUT2D eigenvalue weighted by atomic mass is 10.1. The minimum absolute atomic E-state index is 1.35. The quantitative estimate of drug-likeness (QED) is 0.0250. The second kappa shape index (κ2) is 69.2. The number of rotatable bonds is 48. The second-order valence-electron chi connectivity index (χ2n) is 24.3. The molecule has 4 N–H and O–H groups in total. The van der Waals surface area contributed by atoms with Gasteiger partial charge in [-0.15, -0.1) is 0 Å². The summed E-state index contributed by atoms with van der Waals surface area (Å²) in [5.74, 6) is 0. The molecule has 0 spiro atoms. The Morgan fingerprint density at radius 1 is 0.182 bits per heavy atom. The topological polar surface area (TPSA) is 310 Å². The maximum absolute atomic E-state index is 8.63. The van der Waals surface area contributed by atoms with Crippen LogP contribution in [-0.4, -0.2) is 193 Å². The fourth-order valence-corrected chi connectivity index (χ4v) is 10.6. The van der Waals surface area contributed by atoms with E-state index in [1.165, 1.54) is 328 Å². The molecule has 20 nitrogen and oxygen atoms in total. The molecule has 0 heterocycles. The van der Waals surface area contributed by atoms with Crippen LogP contribution in [0, 0.1) is 0 Å². The van der Waals surface area contributed by atoms with Crippen molar-refractivity contribution < 1.29 is 88.0 Å². The molecule has 0 radical (unpaired) electrons. The Bertz CT molecular complexity index is 1410. The molecule has 0 atom stereocenters. The first-order valence-electron chi connectivity index (χ1n) is 35.1. The third-order valence-electron chi connectivity index (χ3n) is 15.8. The third-order valence-corrected chi connectivity index (χ3v) is 15.8. The van der Waals surface area contributed by atoms with E-state index in [4.69, 9.17) is 70.1 Å². The standard InChI is InChI=1S/4C16H36N.4H2O4S/c4*1-5-9-13-17(14-10-6-2,15-11-7-3)16-12-8-4;4*1-5(2,3)4/h4*5-16H2,1-4H3;4*(H2,1,2,3,4)/q4*+1;;;;/p-4. The normalized spacial score (nSPS) is 11.9. The number of hydrogen-bond donors (Lipinski definition) is 4. The van der Waals surface area contributed by atoms with Gasteiger partial charge in [-0.1, -0.05) is 214 Å². The van der Waals surface area contributed by atoms with Crippen LogP contribution < -0.4 is 0 Å². The molecule has 24 heteroatoms. The van der Waals surface area contributed by atoms with Gasteiger partial charge in [0, 0.05) is 0 Å². The van der Waals surface area contributed by atoms with Crippen LogP contribution in [0.25, 0.3) is 0 Å². The van der Waals surface area contributed by atoms with Gasteiger partial charge >= 0.3 is 0 Å². The smallest absolute Gasteiger partial charge is 0.215 e. The lowest BCUT2D eigenvalue weighted by molar-refractivity contribution is -0.929. The van der Waals surface area contributed by atoms with E-state index in [2.05, 4.69) is 111 Å². The Kier molecular flexibility index (Phi) is 81.3. The predicted octanol–water partition coefficient (Wildman–Crippen LogP) is 16.0. The van der Waals surface area contributed by atoms with Gasteiger partial charge in [0.1, 0.15) is 0 Å². The van der Waals surface area contributed by atoms with E-state index in [0.717, 1.165) is 0 Å². The van der Waals surface area contributed by atoms with E-state index in [1.54, 1.807) is 0 Å². The van der Waals surface area contributed by atoms with Crippen molar-refractivity contribution >= 4 is 41.6 Å². The molecule has 0 amide bonds. The van der Waals surface area contributed by atoms with Gasteiger partial charge in [-0.2, -0.15) is 0 Å². The fourth-order valence-electron chi connectivity index (χ4n) is 10.6. The van der Waals surface area contributed by atoms with Crippen LogP contribution >= 0.6 is 0 Å². The summed E-state index contributed by atoms with van der Waals surface area (Å²) in [6.45, 7) is 60.1. The zero-order valence-corrected chi connectivity index (χ0v) is 63.3. The summed E-state index contributed by atoms with van der Waals surface area (Å²) in [5.41, 5.74) is 0. The van der Waals surface area contributed by atoms with Crippen molar-refractivity contribution in [2.75, 3.05) is 105 Å². The van der Waals surface area contributed by atoms with Crippen LogP contribution in [0.4, 0.5) is 0 Å². The molecule has 0 unspecified atom stereocenters. The highest BCUT2D eigenvalue weighted by molar-refractivity contribution is 7.80. The molecule has 0 saturated carbocycles. The Morgan fingerprint density at radius 2 is 0.227 bits per heavy atom. The van der Waals surface area contributed by atoms with Gasteiger partial charge in [0.2, 0.25) is 41.6 Å². The molecule has 0 aliphatic rings. The molecule has 0 fully saturated rings. The van der Waals surface area contributed by atoms with Crippen molar-refractivity contribution in [2.45, 2.75) is 316 Å². The van der Waals surface area contributed by atoms with Gasteiger partial charge in [-0.25, -0.2) is 33.7 Å². The number of nitrogens with zero attached hydrogens (tertiary/aromatic N) is 4. The van der Waals surface area contributed by atoms with Gasteiger partial charge in [0.05, 0.1) is 105 Å². The molecule has 0 rings (SSSR count). The van der Waals surface area contributed by atoms with Crippen LogP contribution in [0.1, 0.15) is 316 Å². The number of quaternary nitrogens is 4. The van der Waals surface area contributed by atoms with Gasteiger partial charge in [-0.05, 0) is 103 Å². The SMILES string of the molecule is CCCC[N+](CCCC)(CCCC)CCCC.CCCC[N+](CCCC)(CCCC)CCCC.CCCC[N+](CCCC)(CCCC)CCCC.CCCC[N+](CCCC)(CCCC)CCCC.O=S(=O)([O-])O.O=S(=O)([O-])O.O=S(=O)([O-])O.O=S(=O)([O-])O. The Morgan fingerprint density at radius 3 is 0.261 bits per heavy atom. The first-order valence-corrected chi connectivity index (χ1v) is 40.6. The van der Waals surface area contributed by atoms with E-state index in [0.29, 0.717) is 0 Å². The maximum Gasteiger partial charge on any atom is 0.215 e. The van der Waals surface area contributed by atoms with Gasteiger partial charge in [0.15, 0.2) is 0 Å². The van der Waals surface area contributed by atoms with Crippen molar-refractivity contribution in [2.24, 2.45) is 0 Å². The van der Waals surface area contributed by atoms with Crippen LogP contribution in [-0.2, 0) is 41.6 Å². The molecule has 0 aliphatic carbocycles. The molecule has 0 bridgehead atoms. The van der Waals surface area contributed by atoms with Crippen LogP contribution in [0.15, 0.2) is 0 Å². The van der Waals surface area contributed by atoms with E-state index >= 15 is 0 Å². The molecule has 0 aromatic carbocycles. The zero-order chi connectivity index (χ0) is 69.9. The van der Waals surface area contributed by atoms with Crippen LogP contribution in [0.5, 0.6) is 0 Å². The minimum Gasteiger partial charge on any atom is -0.726 e. The third kappa shape index (κ3) is 96.4. The number of hydrogen-bond acceptors (Lipinski definition) is 12. The first kappa shape index (κ1) is 103. The molecule has 0 saturated heterocycles. The van der Waals surface area contributed by atoms with Gasteiger partial charge in [-0.3, -0.25) is 18.2 Å². The van der Waals surface area contributed by atoms with E-state index in [1.807, 2.05) is 0 Å². The monoisotopic (exact) mass is 1360 g/mol. The van der Waals surface area contributed by atoms with E-state index in [9.17, 15) is 0 Å². The summed E-state index contributed by atoms with van der Waals surface area (Å²) < 4.78 is 137. The lowest BCUT2D eigenvalue weighted by Crippen LogP contribution is -2.50. The van der Waals surface area contributed by atoms with Crippen molar-refractivity contribution in [3.8, 4) is 0 Å². The summed E-state index contributed by atoms with van der Waals surface area (Å²) in [6, 6.07) is 0. The number of unbranched alkanes of at least 4 members (excludes halogenated alkanes) is 16. The van der Waals surface area contributed by atoms with E-state index in [-0.39, 0.29) is 0 Å². The molecule has 0 aliphatic heterocycles. The molecule has 0 aromatic rings. The fraction of sp³-hybridized carbons (Fsp3) is 1.00. The Hall–Kier alpha value is -0.680. The molecular formula is C64H148N4O16S4.